The third-order valence-corrected chi connectivity index (χ3v) is 13.6. The summed E-state index contributed by atoms with van der Waals surface area (Å²) in [6.45, 7) is 21.4. The highest BCUT2D eigenvalue weighted by Crippen LogP contribution is 2.78. The van der Waals surface area contributed by atoms with Gasteiger partial charge in [-0.2, -0.15) is 0 Å². The largest absolute Gasteiger partial charge is 0.0625 e. The topological polar surface area (TPSA) is 0 Å². The Labute approximate surface area is 188 Å². The second-order valence-corrected chi connectivity index (χ2v) is 15.1. The Kier molecular flexibility index (Phi) is 4.75. The molecule has 0 bridgehead atoms. The molecule has 0 heteroatoms. The van der Waals surface area contributed by atoms with Gasteiger partial charge in [0.05, 0.1) is 0 Å². The molecule has 0 unspecified atom stereocenters. The molecule has 0 aromatic heterocycles. The molecule has 5 fully saturated rings. The molecule has 0 aromatic rings. The zero-order chi connectivity index (χ0) is 21.7. The Morgan fingerprint density at radius 3 is 1.80 bits per heavy atom. The average molecular weight is 413 g/mol. The summed E-state index contributed by atoms with van der Waals surface area (Å²) in [4.78, 5) is 0. The van der Waals surface area contributed by atoms with Crippen LogP contribution in [0.5, 0.6) is 0 Å². The fourth-order valence-corrected chi connectivity index (χ4v) is 12.1. The van der Waals surface area contributed by atoms with Crippen molar-refractivity contribution in [1.29, 1.82) is 0 Å². The minimum absolute atomic E-state index is 0.561. The number of rotatable bonds is 1. The van der Waals surface area contributed by atoms with Crippen molar-refractivity contribution < 1.29 is 0 Å². The van der Waals surface area contributed by atoms with Gasteiger partial charge < -0.3 is 0 Å². The second-order valence-electron chi connectivity index (χ2n) is 15.1. The SMILES string of the molecule is CC(C)[C@@H]1CC[C@]2(C)[C@H]3CC[C@@H]4[C@@]5(C)CCCC(C)(C)[C@@H]5CC[C@@]4(C)[C@]3(C)CC[C@@H]12. The van der Waals surface area contributed by atoms with Crippen LogP contribution in [0.2, 0.25) is 0 Å². The van der Waals surface area contributed by atoms with Crippen LogP contribution in [0.4, 0.5) is 0 Å². The first-order valence-electron chi connectivity index (χ1n) is 13.9. The van der Waals surface area contributed by atoms with Crippen LogP contribution in [0.1, 0.15) is 126 Å². The van der Waals surface area contributed by atoms with E-state index in [0.29, 0.717) is 27.1 Å². The molecule has 0 spiro atoms. The summed E-state index contributed by atoms with van der Waals surface area (Å²) in [6.07, 6.45) is 16.6. The predicted molar refractivity (Wildman–Crippen MR) is 129 cm³/mol. The molecule has 0 nitrogen and oxygen atoms in total. The van der Waals surface area contributed by atoms with E-state index in [1.165, 1.54) is 70.6 Å². The van der Waals surface area contributed by atoms with E-state index in [-0.39, 0.29) is 0 Å². The van der Waals surface area contributed by atoms with Crippen molar-refractivity contribution in [3.8, 4) is 0 Å². The molecule has 0 aromatic carbocycles. The molecule has 5 aliphatic rings. The van der Waals surface area contributed by atoms with E-state index in [4.69, 9.17) is 0 Å². The molecule has 5 saturated carbocycles. The summed E-state index contributed by atoms with van der Waals surface area (Å²) < 4.78 is 0. The molecule has 0 radical (unpaired) electrons. The van der Waals surface area contributed by atoms with Crippen LogP contribution in [0.25, 0.3) is 0 Å². The average Bonchev–Trinajstić information content (AvgIpc) is 2.99. The molecular formula is C30H52. The quantitative estimate of drug-likeness (QED) is 0.402. The van der Waals surface area contributed by atoms with Crippen LogP contribution >= 0.6 is 0 Å². The summed E-state index contributed by atoms with van der Waals surface area (Å²) in [6, 6.07) is 0. The maximum atomic E-state index is 2.81. The minimum Gasteiger partial charge on any atom is -0.0625 e. The Balaban J connectivity index is 1.52. The standard InChI is InChI=1S/C30H52/c1-20(2)21-12-17-27(5)22(21)13-18-29(7)24(27)10-11-25-28(6)16-9-15-26(3,4)23(28)14-19-30(25,29)8/h20-25H,9-19H2,1-8H3/t21-,22-,23-,24+,25+,27-,28-,29+,30+/m0/s1. The lowest BCUT2D eigenvalue weighted by Gasteiger charge is -2.73. The second kappa shape index (κ2) is 6.53. The van der Waals surface area contributed by atoms with Crippen LogP contribution in [0.3, 0.4) is 0 Å². The van der Waals surface area contributed by atoms with E-state index in [2.05, 4.69) is 55.4 Å². The lowest BCUT2D eigenvalue weighted by Crippen LogP contribution is -2.65. The number of hydrogen-bond donors (Lipinski definition) is 0. The van der Waals surface area contributed by atoms with Gasteiger partial charge in [0.1, 0.15) is 0 Å². The lowest BCUT2D eigenvalue weighted by molar-refractivity contribution is -0.241. The third-order valence-electron chi connectivity index (χ3n) is 13.6. The van der Waals surface area contributed by atoms with Crippen LogP contribution in [0, 0.1) is 62.6 Å². The molecule has 0 heterocycles. The van der Waals surface area contributed by atoms with Gasteiger partial charge in [-0.1, -0.05) is 61.8 Å². The van der Waals surface area contributed by atoms with Gasteiger partial charge in [-0.25, -0.2) is 0 Å². The highest BCUT2D eigenvalue weighted by atomic mass is 14.7. The van der Waals surface area contributed by atoms with Crippen molar-refractivity contribution in [3.05, 3.63) is 0 Å². The fraction of sp³-hybridized carbons (Fsp3) is 1.00. The normalized spacial score (nSPS) is 57.3. The maximum absolute atomic E-state index is 2.81. The van der Waals surface area contributed by atoms with Gasteiger partial charge in [0.2, 0.25) is 0 Å². The Morgan fingerprint density at radius 1 is 0.567 bits per heavy atom. The molecule has 0 aliphatic heterocycles. The predicted octanol–water partition coefficient (Wildman–Crippen LogP) is 9.13. The summed E-state index contributed by atoms with van der Waals surface area (Å²) in [5.41, 5.74) is 2.92. The van der Waals surface area contributed by atoms with Crippen LogP contribution < -0.4 is 0 Å². The highest BCUT2D eigenvalue weighted by molar-refractivity contribution is 5.18. The Morgan fingerprint density at radius 2 is 1.17 bits per heavy atom. The van der Waals surface area contributed by atoms with Gasteiger partial charge in [-0.05, 0) is 127 Å². The summed E-state index contributed by atoms with van der Waals surface area (Å²) in [5, 5.41) is 0. The molecule has 0 amide bonds. The van der Waals surface area contributed by atoms with E-state index in [1.54, 1.807) is 0 Å². The molecule has 172 valence electrons. The third kappa shape index (κ3) is 2.52. The highest BCUT2D eigenvalue weighted by Gasteiger charge is 2.70. The minimum atomic E-state index is 0.561. The van der Waals surface area contributed by atoms with E-state index in [1.807, 2.05) is 0 Å². The van der Waals surface area contributed by atoms with Crippen LogP contribution in [-0.4, -0.2) is 0 Å². The maximum Gasteiger partial charge on any atom is -0.0235 e. The summed E-state index contributed by atoms with van der Waals surface area (Å²) in [5.74, 6) is 5.79. The first-order chi connectivity index (χ1) is 13.9. The fourth-order valence-electron chi connectivity index (χ4n) is 12.1. The van der Waals surface area contributed by atoms with Crippen molar-refractivity contribution in [1.82, 2.24) is 0 Å². The van der Waals surface area contributed by atoms with Crippen molar-refractivity contribution in [2.24, 2.45) is 62.6 Å². The monoisotopic (exact) mass is 412 g/mol. The van der Waals surface area contributed by atoms with Gasteiger partial charge in [0.15, 0.2) is 0 Å². The zero-order valence-electron chi connectivity index (χ0n) is 21.7. The zero-order valence-corrected chi connectivity index (χ0v) is 21.7. The van der Waals surface area contributed by atoms with Crippen molar-refractivity contribution in [2.75, 3.05) is 0 Å². The molecule has 0 N–H and O–H groups in total. The van der Waals surface area contributed by atoms with Crippen molar-refractivity contribution in [3.63, 3.8) is 0 Å². The number of hydrogen-bond acceptors (Lipinski definition) is 0. The molecular weight excluding hydrogens is 360 g/mol. The first kappa shape index (κ1) is 21.8. The van der Waals surface area contributed by atoms with Gasteiger partial charge >= 0.3 is 0 Å². The molecule has 0 saturated heterocycles. The van der Waals surface area contributed by atoms with Gasteiger partial charge in [-0.15, -0.1) is 0 Å². The molecule has 5 aliphatic carbocycles. The summed E-state index contributed by atoms with van der Waals surface area (Å²) in [7, 11) is 0. The Bertz CT molecular complexity index is 688. The van der Waals surface area contributed by atoms with E-state index >= 15 is 0 Å². The number of fused-ring (bicyclic) bond motifs is 7. The Hall–Kier alpha value is 0. The van der Waals surface area contributed by atoms with E-state index in [9.17, 15) is 0 Å². The van der Waals surface area contributed by atoms with Crippen molar-refractivity contribution >= 4 is 0 Å². The smallest absolute Gasteiger partial charge is 0.0235 e. The van der Waals surface area contributed by atoms with Crippen molar-refractivity contribution in [2.45, 2.75) is 126 Å². The first-order valence-corrected chi connectivity index (χ1v) is 13.9. The van der Waals surface area contributed by atoms with E-state index < -0.39 is 0 Å². The van der Waals surface area contributed by atoms with Gasteiger partial charge in [0.25, 0.3) is 0 Å². The van der Waals surface area contributed by atoms with Crippen LogP contribution in [-0.2, 0) is 0 Å². The van der Waals surface area contributed by atoms with Gasteiger partial charge in [0, 0.05) is 0 Å². The molecule has 30 heavy (non-hydrogen) atoms. The summed E-state index contributed by atoms with van der Waals surface area (Å²) >= 11 is 0. The van der Waals surface area contributed by atoms with Crippen LogP contribution in [0.15, 0.2) is 0 Å². The lowest BCUT2D eigenvalue weighted by atomic mass is 9.32. The van der Waals surface area contributed by atoms with Gasteiger partial charge in [-0.3, -0.25) is 0 Å². The molecule has 5 rings (SSSR count). The van der Waals surface area contributed by atoms with E-state index in [0.717, 1.165) is 35.5 Å². The molecule has 9 atom stereocenters.